The largest absolute Gasteiger partial charge is 0.457 e. The predicted molar refractivity (Wildman–Crippen MR) is 109 cm³/mol. The number of H-pyrrole nitrogens is 1. The minimum atomic E-state index is 0.869. The van der Waals surface area contributed by atoms with Crippen LogP contribution in [0, 0.1) is 0 Å². The molecule has 1 N–H and O–H groups in total. The van der Waals surface area contributed by atoms with Gasteiger partial charge in [0.25, 0.3) is 0 Å². The predicted octanol–water partition coefficient (Wildman–Crippen LogP) is 6.80. The van der Waals surface area contributed by atoms with E-state index in [1.165, 1.54) is 21.8 Å². The first-order valence-corrected chi connectivity index (χ1v) is 8.63. The first kappa shape index (κ1) is 16.0. The van der Waals surface area contributed by atoms with E-state index in [1.54, 1.807) is 0 Å². The summed E-state index contributed by atoms with van der Waals surface area (Å²) < 4.78 is 5.58. The molecule has 0 saturated carbocycles. The van der Waals surface area contributed by atoms with Crippen molar-refractivity contribution < 1.29 is 4.74 Å². The van der Waals surface area contributed by atoms with E-state index in [9.17, 15) is 0 Å². The van der Waals surface area contributed by atoms with E-state index < -0.39 is 0 Å². The first-order chi connectivity index (χ1) is 12.9. The molecule has 0 aliphatic rings. The van der Waals surface area contributed by atoms with Crippen LogP contribution >= 0.6 is 0 Å². The Balaban J connectivity index is 0.000000129. The lowest BCUT2D eigenvalue weighted by atomic mass is 10.2. The number of aromatic amines is 1. The zero-order chi connectivity index (χ0) is 17.6. The van der Waals surface area contributed by atoms with Crippen LogP contribution < -0.4 is 4.74 Å². The highest BCUT2D eigenvalue weighted by atomic mass is 16.5. The highest BCUT2D eigenvalue weighted by Crippen LogP contribution is 2.24. The molecule has 126 valence electrons. The SMILES string of the molecule is c1ccc(Oc2ccccc2)cc1.c1ccc2c(c1)[nH]c1ccccc12. The summed E-state index contributed by atoms with van der Waals surface area (Å²) in [5.41, 5.74) is 2.42. The fourth-order valence-corrected chi connectivity index (χ4v) is 2.91. The molecule has 5 aromatic rings. The molecule has 1 heterocycles. The Morgan fingerprint density at radius 1 is 0.423 bits per heavy atom. The van der Waals surface area contributed by atoms with E-state index in [-0.39, 0.29) is 0 Å². The Kier molecular flexibility index (Phi) is 4.66. The third-order valence-electron chi connectivity index (χ3n) is 4.14. The number of fused-ring (bicyclic) bond motifs is 3. The Labute approximate surface area is 152 Å². The van der Waals surface area contributed by atoms with Crippen LogP contribution in [0.15, 0.2) is 109 Å². The van der Waals surface area contributed by atoms with Gasteiger partial charge in [0.05, 0.1) is 0 Å². The van der Waals surface area contributed by atoms with Crippen molar-refractivity contribution in [1.29, 1.82) is 0 Å². The molecule has 0 saturated heterocycles. The molecule has 0 unspecified atom stereocenters. The van der Waals surface area contributed by atoms with E-state index in [4.69, 9.17) is 4.74 Å². The summed E-state index contributed by atoms with van der Waals surface area (Å²) in [7, 11) is 0. The molecule has 0 amide bonds. The van der Waals surface area contributed by atoms with Gasteiger partial charge >= 0.3 is 0 Å². The molecule has 0 aliphatic carbocycles. The second kappa shape index (κ2) is 7.58. The van der Waals surface area contributed by atoms with Gasteiger partial charge < -0.3 is 9.72 Å². The van der Waals surface area contributed by atoms with Gasteiger partial charge in [-0.15, -0.1) is 0 Å². The number of ether oxygens (including phenoxy) is 1. The number of para-hydroxylation sites is 4. The second-order valence-corrected chi connectivity index (χ2v) is 5.94. The maximum Gasteiger partial charge on any atom is 0.127 e. The van der Waals surface area contributed by atoms with Crippen LogP contribution in [0.3, 0.4) is 0 Å². The van der Waals surface area contributed by atoms with Gasteiger partial charge in [-0.1, -0.05) is 72.8 Å². The lowest BCUT2D eigenvalue weighted by Gasteiger charge is -2.03. The average Bonchev–Trinajstić information content (AvgIpc) is 3.09. The Morgan fingerprint density at radius 3 is 1.27 bits per heavy atom. The van der Waals surface area contributed by atoms with Crippen LogP contribution in [0.25, 0.3) is 21.8 Å². The van der Waals surface area contributed by atoms with Gasteiger partial charge in [0.1, 0.15) is 11.5 Å². The molecule has 2 nitrogen and oxygen atoms in total. The van der Waals surface area contributed by atoms with Gasteiger partial charge in [-0.2, -0.15) is 0 Å². The fourth-order valence-electron chi connectivity index (χ4n) is 2.91. The molecule has 0 atom stereocenters. The summed E-state index contributed by atoms with van der Waals surface area (Å²) in [6.45, 7) is 0. The lowest BCUT2D eigenvalue weighted by Crippen LogP contribution is -1.81. The molecule has 5 rings (SSSR count). The minimum absolute atomic E-state index is 0.869. The zero-order valence-corrected chi connectivity index (χ0v) is 14.3. The fraction of sp³-hybridized carbons (Fsp3) is 0. The van der Waals surface area contributed by atoms with Crippen molar-refractivity contribution in [2.75, 3.05) is 0 Å². The van der Waals surface area contributed by atoms with Crippen molar-refractivity contribution in [1.82, 2.24) is 4.98 Å². The van der Waals surface area contributed by atoms with E-state index in [0.29, 0.717) is 0 Å². The van der Waals surface area contributed by atoms with Gasteiger partial charge in [0.15, 0.2) is 0 Å². The van der Waals surface area contributed by atoms with E-state index in [1.807, 2.05) is 60.7 Å². The summed E-state index contributed by atoms with van der Waals surface area (Å²) in [6, 6.07) is 36.3. The van der Waals surface area contributed by atoms with E-state index in [0.717, 1.165) is 11.5 Å². The van der Waals surface area contributed by atoms with E-state index in [2.05, 4.69) is 53.5 Å². The van der Waals surface area contributed by atoms with Crippen molar-refractivity contribution in [3.05, 3.63) is 109 Å². The summed E-state index contributed by atoms with van der Waals surface area (Å²) in [6.07, 6.45) is 0. The average molecular weight is 337 g/mol. The monoisotopic (exact) mass is 337 g/mol. The minimum Gasteiger partial charge on any atom is -0.457 e. The van der Waals surface area contributed by atoms with Crippen molar-refractivity contribution in [3.63, 3.8) is 0 Å². The smallest absolute Gasteiger partial charge is 0.127 e. The molecule has 0 spiro atoms. The number of hydrogen-bond acceptors (Lipinski definition) is 1. The molecule has 1 aromatic heterocycles. The standard InChI is InChI=1S/C12H9N.C12H10O/c1-3-7-11-9(5-1)10-6-2-4-8-12(10)13-11;1-3-7-11(8-4-1)13-12-9-5-2-6-10-12/h1-8,13H;1-10H. The summed E-state index contributed by atoms with van der Waals surface area (Å²) in [5, 5.41) is 2.61. The van der Waals surface area contributed by atoms with Gasteiger partial charge in [-0.05, 0) is 36.4 Å². The molecule has 2 heteroatoms. The highest BCUT2D eigenvalue weighted by Gasteiger charge is 2.00. The number of rotatable bonds is 2. The third kappa shape index (κ3) is 3.60. The Hall–Kier alpha value is -3.52. The molecule has 0 fully saturated rings. The molecular weight excluding hydrogens is 318 g/mol. The molecule has 4 aromatic carbocycles. The summed E-state index contributed by atoms with van der Waals surface area (Å²) in [5.74, 6) is 1.74. The van der Waals surface area contributed by atoms with Gasteiger partial charge in [-0.25, -0.2) is 0 Å². The van der Waals surface area contributed by atoms with Crippen LogP contribution in [0.1, 0.15) is 0 Å². The molecule has 0 radical (unpaired) electrons. The van der Waals surface area contributed by atoms with Crippen molar-refractivity contribution in [3.8, 4) is 11.5 Å². The van der Waals surface area contributed by atoms with Crippen LogP contribution in [0.2, 0.25) is 0 Å². The maximum absolute atomic E-state index is 5.58. The first-order valence-electron chi connectivity index (χ1n) is 8.63. The summed E-state index contributed by atoms with van der Waals surface area (Å²) in [4.78, 5) is 3.38. The molecular formula is C24H19NO. The Bertz CT molecular complexity index is 1010. The number of aromatic nitrogens is 1. The number of nitrogens with one attached hydrogen (secondary N) is 1. The molecule has 0 bridgehead atoms. The third-order valence-corrected chi connectivity index (χ3v) is 4.14. The topological polar surface area (TPSA) is 25.0 Å². The summed E-state index contributed by atoms with van der Waals surface area (Å²) >= 11 is 0. The molecule has 26 heavy (non-hydrogen) atoms. The van der Waals surface area contributed by atoms with Gasteiger partial charge in [0.2, 0.25) is 0 Å². The lowest BCUT2D eigenvalue weighted by molar-refractivity contribution is 0.482. The number of benzene rings is 4. The molecule has 0 aliphatic heterocycles. The van der Waals surface area contributed by atoms with Crippen LogP contribution in [-0.4, -0.2) is 4.98 Å². The van der Waals surface area contributed by atoms with Crippen molar-refractivity contribution in [2.45, 2.75) is 0 Å². The number of hydrogen-bond donors (Lipinski definition) is 1. The quantitative estimate of drug-likeness (QED) is 0.376. The maximum atomic E-state index is 5.58. The Morgan fingerprint density at radius 2 is 0.808 bits per heavy atom. The van der Waals surface area contributed by atoms with Crippen molar-refractivity contribution in [2.24, 2.45) is 0 Å². The van der Waals surface area contributed by atoms with E-state index >= 15 is 0 Å². The van der Waals surface area contributed by atoms with Crippen LogP contribution in [-0.2, 0) is 0 Å². The highest BCUT2D eigenvalue weighted by molar-refractivity contribution is 6.06. The zero-order valence-electron chi connectivity index (χ0n) is 14.3. The normalized spacial score (nSPS) is 10.3. The van der Waals surface area contributed by atoms with Crippen molar-refractivity contribution >= 4 is 21.8 Å². The van der Waals surface area contributed by atoms with Gasteiger partial charge in [-0.3, -0.25) is 0 Å². The van der Waals surface area contributed by atoms with Gasteiger partial charge in [0, 0.05) is 21.8 Å². The van der Waals surface area contributed by atoms with Crippen LogP contribution in [0.4, 0.5) is 0 Å². The second-order valence-electron chi connectivity index (χ2n) is 5.94. The van der Waals surface area contributed by atoms with Crippen LogP contribution in [0.5, 0.6) is 11.5 Å².